The van der Waals surface area contributed by atoms with Gasteiger partial charge in [0.1, 0.15) is 0 Å². The lowest BCUT2D eigenvalue weighted by atomic mass is 10.2. The van der Waals surface area contributed by atoms with Gasteiger partial charge >= 0.3 is 0 Å². The third-order valence-corrected chi connectivity index (χ3v) is 3.87. The number of thioether (sulfide) groups is 1. The van der Waals surface area contributed by atoms with Crippen molar-refractivity contribution in [2.75, 3.05) is 11.5 Å². The van der Waals surface area contributed by atoms with Gasteiger partial charge in [0, 0.05) is 36.1 Å². The van der Waals surface area contributed by atoms with E-state index in [0.717, 1.165) is 6.54 Å². The second-order valence-electron chi connectivity index (χ2n) is 4.36. The fourth-order valence-electron chi connectivity index (χ4n) is 1.71. The van der Waals surface area contributed by atoms with Crippen molar-refractivity contribution in [3.8, 4) is 0 Å². The van der Waals surface area contributed by atoms with Crippen molar-refractivity contribution >= 4 is 11.8 Å². The molecule has 1 aromatic rings. The zero-order valence-electron chi connectivity index (χ0n) is 9.44. The van der Waals surface area contributed by atoms with Crippen LogP contribution in [0.2, 0.25) is 0 Å². The van der Waals surface area contributed by atoms with Crippen molar-refractivity contribution in [3.63, 3.8) is 0 Å². The smallest absolute Gasteiger partial charge is 0.0534 e. The van der Waals surface area contributed by atoms with E-state index in [-0.39, 0.29) is 0 Å². The summed E-state index contributed by atoms with van der Waals surface area (Å²) in [7, 11) is 0. The zero-order chi connectivity index (χ0) is 10.7. The van der Waals surface area contributed by atoms with Gasteiger partial charge in [0.15, 0.2) is 0 Å². The van der Waals surface area contributed by atoms with Gasteiger partial charge in [-0.15, -0.1) is 0 Å². The van der Waals surface area contributed by atoms with Gasteiger partial charge in [0.05, 0.1) is 6.20 Å². The van der Waals surface area contributed by atoms with Crippen LogP contribution in [0.1, 0.15) is 31.9 Å². The van der Waals surface area contributed by atoms with Gasteiger partial charge in [-0.25, -0.2) is 0 Å². The molecule has 1 aliphatic heterocycles. The molecule has 0 spiro atoms. The summed E-state index contributed by atoms with van der Waals surface area (Å²) in [5.74, 6) is 2.57. The van der Waals surface area contributed by atoms with E-state index >= 15 is 0 Å². The second kappa shape index (κ2) is 5.03. The summed E-state index contributed by atoms with van der Waals surface area (Å²) in [6, 6.07) is 1.16. The van der Waals surface area contributed by atoms with Crippen molar-refractivity contribution in [2.24, 2.45) is 0 Å². The predicted octanol–water partition coefficient (Wildman–Crippen LogP) is 2.06. The van der Waals surface area contributed by atoms with Gasteiger partial charge in [0.2, 0.25) is 0 Å². The third-order valence-electron chi connectivity index (χ3n) is 2.71. The lowest BCUT2D eigenvalue weighted by molar-refractivity contribution is 0.529. The minimum atomic E-state index is 0.459. The largest absolute Gasteiger partial charge is 0.309 e. The Morgan fingerprint density at radius 2 is 2.53 bits per heavy atom. The third kappa shape index (κ3) is 2.98. The maximum Gasteiger partial charge on any atom is 0.0534 e. The number of rotatable bonds is 4. The Morgan fingerprint density at radius 3 is 3.13 bits per heavy atom. The van der Waals surface area contributed by atoms with E-state index < -0.39 is 0 Å². The van der Waals surface area contributed by atoms with E-state index in [2.05, 4.69) is 30.5 Å². The number of hydrogen-bond acceptors (Lipinski definition) is 3. The molecule has 1 fully saturated rings. The van der Waals surface area contributed by atoms with Crippen LogP contribution in [0.25, 0.3) is 0 Å². The first-order valence-electron chi connectivity index (χ1n) is 5.60. The molecule has 4 heteroatoms. The Kier molecular flexibility index (Phi) is 3.70. The first-order valence-corrected chi connectivity index (χ1v) is 6.75. The molecule has 84 valence electrons. The van der Waals surface area contributed by atoms with Crippen LogP contribution in [0.15, 0.2) is 12.4 Å². The highest BCUT2D eigenvalue weighted by Crippen LogP contribution is 2.17. The summed E-state index contributed by atoms with van der Waals surface area (Å²) < 4.78 is 2.01. The quantitative estimate of drug-likeness (QED) is 0.850. The minimum absolute atomic E-state index is 0.459. The van der Waals surface area contributed by atoms with Crippen LogP contribution < -0.4 is 5.32 Å². The van der Waals surface area contributed by atoms with Crippen LogP contribution in [0.3, 0.4) is 0 Å². The van der Waals surface area contributed by atoms with Crippen LogP contribution >= 0.6 is 11.8 Å². The maximum absolute atomic E-state index is 4.33. The highest BCUT2D eigenvalue weighted by molar-refractivity contribution is 7.99. The summed E-state index contributed by atoms with van der Waals surface area (Å²) in [5, 5.41) is 7.91. The average Bonchev–Trinajstić information content (AvgIpc) is 2.86. The molecule has 0 bridgehead atoms. The molecule has 0 radical (unpaired) electrons. The van der Waals surface area contributed by atoms with Gasteiger partial charge in [-0.3, -0.25) is 4.68 Å². The van der Waals surface area contributed by atoms with Crippen LogP contribution in [-0.2, 0) is 6.54 Å². The van der Waals surface area contributed by atoms with Crippen LogP contribution in [0, 0.1) is 0 Å². The fraction of sp³-hybridized carbons (Fsp3) is 0.727. The summed E-state index contributed by atoms with van der Waals surface area (Å²) in [5.41, 5.74) is 1.29. The lowest BCUT2D eigenvalue weighted by Crippen LogP contribution is -2.27. The zero-order valence-corrected chi connectivity index (χ0v) is 10.3. The average molecular weight is 225 g/mol. The molecule has 1 aromatic heterocycles. The van der Waals surface area contributed by atoms with Crippen molar-refractivity contribution in [2.45, 2.75) is 38.9 Å². The topological polar surface area (TPSA) is 29.9 Å². The molecule has 0 aromatic carbocycles. The molecule has 0 saturated carbocycles. The van der Waals surface area contributed by atoms with E-state index in [4.69, 9.17) is 0 Å². The first kappa shape index (κ1) is 11.0. The molecule has 1 aliphatic rings. The number of hydrogen-bond donors (Lipinski definition) is 1. The minimum Gasteiger partial charge on any atom is -0.309 e. The molecule has 1 unspecified atom stereocenters. The number of aromatic nitrogens is 2. The Balaban J connectivity index is 1.82. The SMILES string of the molecule is CC(C)n1cc(CNC2CCSC2)cn1. The molecule has 1 atom stereocenters. The monoisotopic (exact) mass is 225 g/mol. The highest BCUT2D eigenvalue weighted by atomic mass is 32.2. The van der Waals surface area contributed by atoms with Crippen LogP contribution in [-0.4, -0.2) is 27.3 Å². The van der Waals surface area contributed by atoms with E-state index in [9.17, 15) is 0 Å². The van der Waals surface area contributed by atoms with Gasteiger partial charge in [-0.2, -0.15) is 16.9 Å². The van der Waals surface area contributed by atoms with Crippen molar-refractivity contribution in [1.29, 1.82) is 0 Å². The van der Waals surface area contributed by atoms with E-state index in [0.29, 0.717) is 12.1 Å². The summed E-state index contributed by atoms with van der Waals surface area (Å²) in [6.45, 7) is 5.26. The second-order valence-corrected chi connectivity index (χ2v) is 5.51. The predicted molar refractivity (Wildman–Crippen MR) is 65.2 cm³/mol. The normalized spacial score (nSPS) is 21.4. The van der Waals surface area contributed by atoms with Crippen LogP contribution in [0.5, 0.6) is 0 Å². The van der Waals surface area contributed by atoms with E-state index in [1.165, 1.54) is 23.5 Å². The van der Waals surface area contributed by atoms with Crippen molar-refractivity contribution in [3.05, 3.63) is 18.0 Å². The Bertz CT molecular complexity index is 303. The highest BCUT2D eigenvalue weighted by Gasteiger charge is 2.14. The Hall–Kier alpha value is -0.480. The maximum atomic E-state index is 4.33. The molecule has 0 aliphatic carbocycles. The van der Waals surface area contributed by atoms with Crippen LogP contribution in [0.4, 0.5) is 0 Å². The fourth-order valence-corrected chi connectivity index (χ4v) is 2.90. The number of nitrogens with zero attached hydrogens (tertiary/aromatic N) is 2. The van der Waals surface area contributed by atoms with E-state index in [1.54, 1.807) is 0 Å². The van der Waals surface area contributed by atoms with Crippen molar-refractivity contribution in [1.82, 2.24) is 15.1 Å². The summed E-state index contributed by atoms with van der Waals surface area (Å²) >= 11 is 2.04. The summed E-state index contributed by atoms with van der Waals surface area (Å²) in [4.78, 5) is 0. The Labute approximate surface area is 95.6 Å². The van der Waals surface area contributed by atoms with E-state index in [1.807, 2.05) is 22.6 Å². The van der Waals surface area contributed by atoms with Gasteiger partial charge in [-0.05, 0) is 26.0 Å². The first-order chi connectivity index (χ1) is 7.25. The van der Waals surface area contributed by atoms with Gasteiger partial charge in [-0.1, -0.05) is 0 Å². The molecule has 2 heterocycles. The molecular formula is C11H19N3S. The van der Waals surface area contributed by atoms with Crippen molar-refractivity contribution < 1.29 is 0 Å². The molecule has 1 N–H and O–H groups in total. The standard InChI is InChI=1S/C11H19N3S/c1-9(2)14-7-10(6-13-14)5-12-11-3-4-15-8-11/h6-7,9,11-12H,3-5,8H2,1-2H3. The molecule has 2 rings (SSSR count). The number of nitrogens with one attached hydrogen (secondary N) is 1. The molecule has 15 heavy (non-hydrogen) atoms. The molecular weight excluding hydrogens is 206 g/mol. The molecule has 3 nitrogen and oxygen atoms in total. The van der Waals surface area contributed by atoms with Gasteiger partial charge < -0.3 is 5.32 Å². The molecule has 1 saturated heterocycles. The summed E-state index contributed by atoms with van der Waals surface area (Å²) in [6.07, 6.45) is 5.41. The van der Waals surface area contributed by atoms with Gasteiger partial charge in [0.25, 0.3) is 0 Å². The lowest BCUT2D eigenvalue weighted by Gasteiger charge is -2.09. The Morgan fingerprint density at radius 1 is 1.67 bits per heavy atom. The molecule has 0 amide bonds.